The molecule has 2 rings (SSSR count). The molecule has 0 spiro atoms. The average Bonchev–Trinajstić information content (AvgIpc) is 2.47. The van der Waals surface area contributed by atoms with Crippen molar-refractivity contribution in [1.29, 1.82) is 0 Å². The number of rotatable bonds is 0. The summed E-state index contributed by atoms with van der Waals surface area (Å²) >= 11 is 5.76. The van der Waals surface area contributed by atoms with E-state index in [0.717, 1.165) is 10.5 Å². The minimum absolute atomic E-state index is 0.773. The fraction of sp³-hybridized carbons (Fsp3) is 0. The Bertz CT molecular complexity index is 484. The first-order valence-corrected chi connectivity index (χ1v) is 5.81. The Morgan fingerprint density at radius 1 is 1.20 bits per heavy atom. The van der Waals surface area contributed by atoms with Crippen LogP contribution >= 0.6 is 19.4 Å². The van der Waals surface area contributed by atoms with Crippen LogP contribution in [0.3, 0.4) is 0 Å². The third-order valence-electron chi connectivity index (χ3n) is 1.52. The van der Waals surface area contributed by atoms with E-state index >= 15 is 0 Å². The maximum Gasteiger partial charge on any atom is 0.466 e. The van der Waals surface area contributed by atoms with Gasteiger partial charge in [-0.2, -0.15) is 0 Å². The predicted octanol–water partition coefficient (Wildman–Crippen LogP) is 1.89. The Morgan fingerprint density at radius 2 is 1.80 bits per heavy atom. The van der Waals surface area contributed by atoms with Crippen molar-refractivity contribution in [2.24, 2.45) is 0 Å². The maximum absolute atomic E-state index is 8.88. The van der Waals surface area contributed by atoms with E-state index in [1.54, 1.807) is 0 Å². The second-order valence-electron chi connectivity index (χ2n) is 2.72. The lowest BCUT2D eigenvalue weighted by Gasteiger charge is -1.88. The van der Waals surface area contributed by atoms with E-state index in [2.05, 4.69) is 4.98 Å². The van der Waals surface area contributed by atoms with Crippen LogP contribution in [0.1, 0.15) is 0 Å². The van der Waals surface area contributed by atoms with Crippen LogP contribution in [-0.2, 0) is 4.57 Å². The van der Waals surface area contributed by atoms with Crippen LogP contribution in [0.2, 0.25) is 5.02 Å². The zero-order valence-electron chi connectivity index (χ0n) is 7.46. The zero-order chi connectivity index (χ0) is 11.5. The van der Waals surface area contributed by atoms with Crippen LogP contribution in [0.4, 0.5) is 0 Å². The topological polar surface area (TPSA) is 93.6 Å². The highest BCUT2D eigenvalue weighted by molar-refractivity contribution is 7.45. The molecule has 5 nitrogen and oxygen atoms in total. The minimum atomic E-state index is -4.64. The molecule has 0 bridgehead atoms. The van der Waals surface area contributed by atoms with Gasteiger partial charge in [0.1, 0.15) is 0 Å². The second kappa shape index (κ2) is 4.79. The summed E-state index contributed by atoms with van der Waals surface area (Å²) in [5.41, 5.74) is 1.09. The molecular formula is C8H9ClNO4P. The van der Waals surface area contributed by atoms with E-state index < -0.39 is 7.82 Å². The van der Waals surface area contributed by atoms with Crippen LogP contribution in [0.15, 0.2) is 30.5 Å². The molecule has 0 fully saturated rings. The first-order chi connectivity index (χ1) is 6.86. The molecule has 0 aliphatic carbocycles. The van der Waals surface area contributed by atoms with Crippen LogP contribution in [-0.4, -0.2) is 19.7 Å². The highest BCUT2D eigenvalue weighted by atomic mass is 35.5. The molecule has 0 saturated heterocycles. The first-order valence-electron chi connectivity index (χ1n) is 3.87. The molecule has 4 N–H and O–H groups in total. The molecule has 0 radical (unpaired) electrons. The molecule has 1 aromatic heterocycles. The van der Waals surface area contributed by atoms with Crippen molar-refractivity contribution in [2.45, 2.75) is 0 Å². The van der Waals surface area contributed by atoms with Gasteiger partial charge in [0.15, 0.2) is 0 Å². The summed E-state index contributed by atoms with van der Waals surface area (Å²) in [7, 11) is -4.64. The van der Waals surface area contributed by atoms with Crippen molar-refractivity contribution >= 4 is 30.3 Å². The quantitative estimate of drug-likeness (QED) is 0.537. The van der Waals surface area contributed by atoms with Crippen molar-refractivity contribution in [2.75, 3.05) is 0 Å². The number of aromatic amines is 1. The van der Waals surface area contributed by atoms with E-state index in [4.69, 9.17) is 30.8 Å². The van der Waals surface area contributed by atoms with Gasteiger partial charge >= 0.3 is 7.82 Å². The molecule has 0 aliphatic heterocycles. The van der Waals surface area contributed by atoms with Gasteiger partial charge in [-0.15, -0.1) is 0 Å². The van der Waals surface area contributed by atoms with Gasteiger partial charge in [0.05, 0.1) is 0 Å². The zero-order valence-corrected chi connectivity index (χ0v) is 9.11. The summed E-state index contributed by atoms with van der Waals surface area (Å²) in [6.45, 7) is 0. The highest BCUT2D eigenvalue weighted by Gasteiger charge is 2.00. The lowest BCUT2D eigenvalue weighted by molar-refractivity contribution is 0.275. The lowest BCUT2D eigenvalue weighted by Crippen LogP contribution is -1.66. The summed E-state index contributed by atoms with van der Waals surface area (Å²) in [6, 6.07) is 7.81. The van der Waals surface area contributed by atoms with Gasteiger partial charge in [-0.05, 0) is 23.6 Å². The van der Waals surface area contributed by atoms with Gasteiger partial charge in [0.2, 0.25) is 0 Å². The monoisotopic (exact) mass is 249 g/mol. The first kappa shape index (κ1) is 12.2. The van der Waals surface area contributed by atoms with Gasteiger partial charge in [0, 0.05) is 16.7 Å². The Morgan fingerprint density at radius 3 is 2.40 bits per heavy atom. The van der Waals surface area contributed by atoms with E-state index in [1.807, 2.05) is 30.5 Å². The summed E-state index contributed by atoms with van der Waals surface area (Å²) in [4.78, 5) is 24.6. The third-order valence-corrected chi connectivity index (χ3v) is 1.75. The smallest absolute Gasteiger partial charge is 0.361 e. The maximum atomic E-state index is 8.88. The van der Waals surface area contributed by atoms with Gasteiger partial charge < -0.3 is 19.7 Å². The number of hydrogen-bond acceptors (Lipinski definition) is 1. The standard InChI is InChI=1S/C8H6ClN.H3O4P/c9-7-2-1-6-3-4-10-8(6)5-7;1-5(2,3)4/h1-5,10H;(H3,1,2,3,4). The molecule has 2 aromatic rings. The number of nitrogens with one attached hydrogen (secondary N) is 1. The fourth-order valence-corrected chi connectivity index (χ4v) is 1.19. The number of benzene rings is 1. The Kier molecular flexibility index (Phi) is 3.90. The Labute approximate surface area is 90.6 Å². The molecule has 0 aliphatic rings. The highest BCUT2D eigenvalue weighted by Crippen LogP contribution is 2.25. The van der Waals surface area contributed by atoms with E-state index in [0.29, 0.717) is 0 Å². The number of H-pyrrole nitrogens is 1. The van der Waals surface area contributed by atoms with Crippen molar-refractivity contribution < 1.29 is 19.2 Å². The van der Waals surface area contributed by atoms with Crippen LogP contribution in [0, 0.1) is 0 Å². The summed E-state index contributed by atoms with van der Waals surface area (Å²) in [5, 5.41) is 1.97. The molecule has 1 heterocycles. The lowest BCUT2D eigenvalue weighted by atomic mass is 10.2. The normalized spacial score (nSPS) is 10.9. The molecule has 1 aromatic carbocycles. The van der Waals surface area contributed by atoms with Crippen LogP contribution in [0.5, 0.6) is 0 Å². The molecule has 15 heavy (non-hydrogen) atoms. The van der Waals surface area contributed by atoms with Crippen molar-refractivity contribution in [3.05, 3.63) is 35.5 Å². The van der Waals surface area contributed by atoms with Gasteiger partial charge in [-0.1, -0.05) is 17.7 Å². The van der Waals surface area contributed by atoms with E-state index in [-0.39, 0.29) is 0 Å². The molecule has 7 heteroatoms. The average molecular weight is 250 g/mol. The van der Waals surface area contributed by atoms with E-state index in [9.17, 15) is 0 Å². The second-order valence-corrected chi connectivity index (χ2v) is 4.19. The molecule has 82 valence electrons. The van der Waals surface area contributed by atoms with Crippen molar-refractivity contribution in [3.63, 3.8) is 0 Å². The fourth-order valence-electron chi connectivity index (χ4n) is 1.02. The van der Waals surface area contributed by atoms with Gasteiger partial charge in [0.25, 0.3) is 0 Å². The minimum Gasteiger partial charge on any atom is -0.361 e. The number of hydrogen-bond donors (Lipinski definition) is 4. The number of halogens is 1. The molecule has 0 atom stereocenters. The van der Waals surface area contributed by atoms with Gasteiger partial charge in [-0.3, -0.25) is 0 Å². The molecule has 0 unspecified atom stereocenters. The van der Waals surface area contributed by atoms with Gasteiger partial charge in [-0.25, -0.2) is 4.57 Å². The molecule has 0 amide bonds. The third kappa shape index (κ3) is 4.97. The number of aromatic nitrogens is 1. The van der Waals surface area contributed by atoms with Crippen molar-refractivity contribution in [3.8, 4) is 0 Å². The number of fused-ring (bicyclic) bond motifs is 1. The summed E-state index contributed by atoms with van der Waals surface area (Å²) < 4.78 is 8.88. The summed E-state index contributed by atoms with van der Waals surface area (Å²) in [6.07, 6.45) is 1.90. The molecule has 0 saturated carbocycles. The predicted molar refractivity (Wildman–Crippen MR) is 57.6 cm³/mol. The van der Waals surface area contributed by atoms with Crippen molar-refractivity contribution in [1.82, 2.24) is 4.98 Å². The van der Waals surface area contributed by atoms with E-state index in [1.165, 1.54) is 5.39 Å². The SMILES string of the molecule is Clc1ccc2cc[nH]c2c1.O=P(O)(O)O. The summed E-state index contributed by atoms with van der Waals surface area (Å²) in [5.74, 6) is 0. The number of phosphoric acid groups is 1. The molecular weight excluding hydrogens is 241 g/mol. The Balaban J connectivity index is 0.000000195. The van der Waals surface area contributed by atoms with Crippen LogP contribution in [0.25, 0.3) is 10.9 Å². The largest absolute Gasteiger partial charge is 0.466 e. The van der Waals surface area contributed by atoms with Crippen LogP contribution < -0.4 is 0 Å². The Hall–Kier alpha value is -0.840.